The van der Waals surface area contributed by atoms with Crippen molar-refractivity contribution in [3.05, 3.63) is 43.4 Å². The number of aromatic nitrogens is 5. The molecule has 0 fully saturated rings. The fourth-order valence-corrected chi connectivity index (χ4v) is 2.52. The third-order valence-corrected chi connectivity index (χ3v) is 3.85. The minimum absolute atomic E-state index is 0.260. The number of amides is 1. The molecule has 3 heterocycles. The average Bonchev–Trinajstić information content (AvgIpc) is 3.14. The van der Waals surface area contributed by atoms with Gasteiger partial charge in [0.1, 0.15) is 11.3 Å². The van der Waals surface area contributed by atoms with Gasteiger partial charge in [-0.05, 0) is 24.4 Å². The molecule has 0 aliphatic heterocycles. The summed E-state index contributed by atoms with van der Waals surface area (Å²) < 4.78 is 1.63. The summed E-state index contributed by atoms with van der Waals surface area (Å²) in [6.07, 6.45) is 5.70. The Morgan fingerprint density at radius 1 is 1.29 bits per heavy atom. The number of carbonyl (C=O) groups is 1. The lowest BCUT2D eigenvalue weighted by atomic mass is 10.2. The normalized spacial score (nSPS) is 10.4. The summed E-state index contributed by atoms with van der Waals surface area (Å²) in [4.78, 5) is 23.9. The van der Waals surface area contributed by atoms with Crippen molar-refractivity contribution < 1.29 is 9.90 Å². The summed E-state index contributed by atoms with van der Waals surface area (Å²) in [6.45, 7) is 4.85. The molecule has 0 bridgehead atoms. The second-order valence-electron chi connectivity index (χ2n) is 5.64. The van der Waals surface area contributed by atoms with Crippen LogP contribution >= 0.6 is 12.2 Å². The highest BCUT2D eigenvalue weighted by molar-refractivity contribution is 7.80. The Balaban J connectivity index is 1.75. The Kier molecular flexibility index (Phi) is 6.07. The van der Waals surface area contributed by atoms with E-state index in [0.717, 1.165) is 5.56 Å². The maximum Gasteiger partial charge on any atom is 0.404 e. The third kappa shape index (κ3) is 4.98. The standard InChI is InChI=1S/C17H18N8O2S/c1-2-5-18-16(28)24-14-4-3-12-15(23-14)22-13(9-20-12)11-8-21-25(10-11)7-6-19-17(26)27/h2-4,8-10,19H,1,5-7H2,(H,26,27)(H2,18,22,23,24,28). The number of nitrogens with zero attached hydrogens (tertiary/aromatic N) is 5. The summed E-state index contributed by atoms with van der Waals surface area (Å²) in [5.74, 6) is 0.552. The van der Waals surface area contributed by atoms with E-state index in [1.165, 1.54) is 0 Å². The van der Waals surface area contributed by atoms with E-state index in [4.69, 9.17) is 17.3 Å². The second-order valence-corrected chi connectivity index (χ2v) is 6.05. The number of hydrogen-bond donors (Lipinski definition) is 4. The maximum absolute atomic E-state index is 10.5. The Morgan fingerprint density at radius 3 is 2.93 bits per heavy atom. The maximum atomic E-state index is 10.5. The second kappa shape index (κ2) is 8.86. The number of nitrogens with one attached hydrogen (secondary N) is 3. The van der Waals surface area contributed by atoms with Crippen LogP contribution in [0.25, 0.3) is 22.4 Å². The van der Waals surface area contributed by atoms with Crippen LogP contribution in [-0.2, 0) is 6.54 Å². The van der Waals surface area contributed by atoms with E-state index in [2.05, 4.69) is 42.6 Å². The topological polar surface area (TPSA) is 130 Å². The minimum atomic E-state index is -1.07. The molecule has 1 amide bonds. The van der Waals surface area contributed by atoms with Crippen LogP contribution in [0.2, 0.25) is 0 Å². The smallest absolute Gasteiger partial charge is 0.404 e. The summed E-state index contributed by atoms with van der Waals surface area (Å²) in [5.41, 5.74) is 2.49. The first kappa shape index (κ1) is 19.2. The molecule has 11 heteroatoms. The molecule has 0 unspecified atom stereocenters. The molecule has 144 valence electrons. The van der Waals surface area contributed by atoms with Gasteiger partial charge in [-0.3, -0.25) is 9.67 Å². The summed E-state index contributed by atoms with van der Waals surface area (Å²) in [6, 6.07) is 3.57. The molecule has 0 radical (unpaired) electrons. The predicted octanol–water partition coefficient (Wildman–Crippen LogP) is 1.63. The molecular formula is C17H18N8O2S. The number of fused-ring (bicyclic) bond motifs is 1. The number of carboxylic acid groups (broad SMARTS) is 1. The number of thiocarbonyl (C=S) groups is 1. The van der Waals surface area contributed by atoms with Crippen molar-refractivity contribution in [1.82, 2.24) is 35.4 Å². The molecule has 3 aromatic rings. The van der Waals surface area contributed by atoms with Gasteiger partial charge in [-0.1, -0.05) is 6.08 Å². The van der Waals surface area contributed by atoms with Crippen LogP contribution in [0, 0.1) is 0 Å². The van der Waals surface area contributed by atoms with E-state index < -0.39 is 6.09 Å². The van der Waals surface area contributed by atoms with E-state index in [0.29, 0.717) is 40.9 Å². The Hall–Kier alpha value is -3.60. The molecule has 28 heavy (non-hydrogen) atoms. The monoisotopic (exact) mass is 398 g/mol. The number of anilines is 1. The van der Waals surface area contributed by atoms with Crippen molar-refractivity contribution in [2.75, 3.05) is 18.4 Å². The zero-order valence-corrected chi connectivity index (χ0v) is 15.6. The molecule has 3 rings (SSSR count). The molecule has 0 aliphatic rings. The first-order valence-electron chi connectivity index (χ1n) is 8.34. The predicted molar refractivity (Wildman–Crippen MR) is 109 cm³/mol. The third-order valence-electron chi connectivity index (χ3n) is 3.60. The van der Waals surface area contributed by atoms with E-state index >= 15 is 0 Å². The fourth-order valence-electron chi connectivity index (χ4n) is 2.33. The highest BCUT2D eigenvalue weighted by atomic mass is 32.1. The zero-order chi connectivity index (χ0) is 19.9. The van der Waals surface area contributed by atoms with E-state index in [9.17, 15) is 4.79 Å². The van der Waals surface area contributed by atoms with Gasteiger partial charge in [0.05, 0.1) is 24.6 Å². The van der Waals surface area contributed by atoms with Crippen LogP contribution in [0.4, 0.5) is 10.6 Å². The SMILES string of the molecule is C=CCNC(=S)Nc1ccc2ncc(-c3cnn(CCNC(=O)O)c3)nc2n1. The molecule has 10 nitrogen and oxygen atoms in total. The molecule has 4 N–H and O–H groups in total. The summed E-state index contributed by atoms with van der Waals surface area (Å²) in [7, 11) is 0. The number of hydrogen-bond acceptors (Lipinski definition) is 6. The Morgan fingerprint density at radius 2 is 2.14 bits per heavy atom. The van der Waals surface area contributed by atoms with Crippen LogP contribution in [0.5, 0.6) is 0 Å². The number of rotatable bonds is 7. The first-order valence-corrected chi connectivity index (χ1v) is 8.75. The van der Waals surface area contributed by atoms with Crippen molar-refractivity contribution in [3.8, 4) is 11.3 Å². The van der Waals surface area contributed by atoms with Gasteiger partial charge in [0, 0.05) is 24.8 Å². The number of pyridine rings is 1. The van der Waals surface area contributed by atoms with Crippen molar-refractivity contribution >= 4 is 40.4 Å². The van der Waals surface area contributed by atoms with E-state index in [-0.39, 0.29) is 6.54 Å². The first-order chi connectivity index (χ1) is 13.5. The lowest BCUT2D eigenvalue weighted by Gasteiger charge is -2.08. The highest BCUT2D eigenvalue weighted by Gasteiger charge is 2.08. The fraction of sp³-hybridized carbons (Fsp3) is 0.176. The molecule has 0 aliphatic carbocycles. The van der Waals surface area contributed by atoms with Crippen molar-refractivity contribution in [2.45, 2.75) is 6.54 Å². The van der Waals surface area contributed by atoms with E-state index in [1.54, 1.807) is 41.5 Å². The zero-order valence-electron chi connectivity index (χ0n) is 14.8. The van der Waals surface area contributed by atoms with Gasteiger partial charge < -0.3 is 21.1 Å². The van der Waals surface area contributed by atoms with E-state index in [1.807, 2.05) is 0 Å². The van der Waals surface area contributed by atoms with Crippen LogP contribution in [-0.4, -0.2) is 54.1 Å². The highest BCUT2D eigenvalue weighted by Crippen LogP contribution is 2.18. The van der Waals surface area contributed by atoms with Gasteiger partial charge in [0.25, 0.3) is 0 Å². The summed E-state index contributed by atoms with van der Waals surface area (Å²) >= 11 is 5.18. The largest absolute Gasteiger partial charge is 0.465 e. The van der Waals surface area contributed by atoms with Gasteiger partial charge in [0.15, 0.2) is 10.8 Å². The molecule has 3 aromatic heterocycles. The lowest BCUT2D eigenvalue weighted by Crippen LogP contribution is -2.28. The van der Waals surface area contributed by atoms with Crippen LogP contribution in [0.3, 0.4) is 0 Å². The Labute approximate surface area is 165 Å². The lowest BCUT2D eigenvalue weighted by molar-refractivity contribution is 0.194. The van der Waals surface area contributed by atoms with Gasteiger partial charge in [-0.25, -0.2) is 14.8 Å². The van der Waals surface area contributed by atoms with Crippen LogP contribution < -0.4 is 16.0 Å². The van der Waals surface area contributed by atoms with Gasteiger partial charge in [0.2, 0.25) is 0 Å². The van der Waals surface area contributed by atoms with Gasteiger partial charge in [-0.15, -0.1) is 6.58 Å². The van der Waals surface area contributed by atoms with Crippen LogP contribution in [0.1, 0.15) is 0 Å². The molecule has 0 spiro atoms. The Bertz CT molecular complexity index is 1020. The average molecular weight is 398 g/mol. The van der Waals surface area contributed by atoms with Crippen molar-refractivity contribution in [3.63, 3.8) is 0 Å². The molecule has 0 atom stereocenters. The van der Waals surface area contributed by atoms with Gasteiger partial charge >= 0.3 is 6.09 Å². The van der Waals surface area contributed by atoms with Crippen molar-refractivity contribution in [2.24, 2.45) is 0 Å². The minimum Gasteiger partial charge on any atom is -0.465 e. The van der Waals surface area contributed by atoms with Crippen molar-refractivity contribution in [1.29, 1.82) is 0 Å². The molecule has 0 saturated carbocycles. The molecular weight excluding hydrogens is 380 g/mol. The molecule has 0 saturated heterocycles. The summed E-state index contributed by atoms with van der Waals surface area (Å²) in [5, 5.41) is 21.5. The molecule has 0 aromatic carbocycles. The van der Waals surface area contributed by atoms with Crippen LogP contribution in [0.15, 0.2) is 43.4 Å². The quantitative estimate of drug-likeness (QED) is 0.346. The van der Waals surface area contributed by atoms with Gasteiger partial charge in [-0.2, -0.15) is 5.10 Å².